The second-order valence-corrected chi connectivity index (χ2v) is 4.46. The van der Waals surface area contributed by atoms with E-state index in [0.717, 1.165) is 0 Å². The summed E-state index contributed by atoms with van der Waals surface area (Å²) >= 11 is 0. The molecule has 0 saturated heterocycles. The Labute approximate surface area is 110 Å². The van der Waals surface area contributed by atoms with E-state index in [9.17, 15) is 9.59 Å². The number of carbonyl (C=O) groups is 2. The molecule has 0 saturated carbocycles. The lowest BCUT2D eigenvalue weighted by molar-refractivity contribution is -0.143. The number of hydrogen-bond donors (Lipinski definition) is 2. The maximum atomic E-state index is 11.6. The van der Waals surface area contributed by atoms with Gasteiger partial charge in [-0.1, -0.05) is 13.8 Å². The summed E-state index contributed by atoms with van der Waals surface area (Å²) in [7, 11) is 1.47. The van der Waals surface area contributed by atoms with Gasteiger partial charge in [-0.3, -0.25) is 4.79 Å². The van der Waals surface area contributed by atoms with Gasteiger partial charge in [0, 0.05) is 18.9 Å². The normalized spacial score (nSPS) is 12.2. The van der Waals surface area contributed by atoms with Crippen LogP contribution in [0.1, 0.15) is 26.0 Å². The molecule has 0 spiro atoms. The third-order valence-electron chi connectivity index (χ3n) is 2.59. The molecule has 1 aromatic rings. The summed E-state index contributed by atoms with van der Waals surface area (Å²) in [5, 5.41) is 15.0. The molecule has 0 aliphatic rings. The lowest BCUT2D eigenvalue weighted by Gasteiger charge is -2.17. The Bertz CT molecular complexity index is 441. The van der Waals surface area contributed by atoms with E-state index in [4.69, 9.17) is 14.4 Å². The Morgan fingerprint density at radius 1 is 1.53 bits per heavy atom. The van der Waals surface area contributed by atoms with E-state index in [-0.39, 0.29) is 18.2 Å². The summed E-state index contributed by atoms with van der Waals surface area (Å²) in [6, 6.07) is 0.710. The first kappa shape index (κ1) is 15.0. The predicted molar refractivity (Wildman–Crippen MR) is 65.8 cm³/mol. The summed E-state index contributed by atoms with van der Waals surface area (Å²) < 4.78 is 9.78. The zero-order valence-corrected chi connectivity index (χ0v) is 11.2. The Balaban J connectivity index is 2.44. The predicted octanol–water partition coefficient (Wildman–Crippen LogP) is 0.841. The topological polar surface area (TPSA) is 102 Å². The minimum Gasteiger partial charge on any atom is -0.480 e. The minimum absolute atomic E-state index is 0.134. The van der Waals surface area contributed by atoms with Crippen LogP contribution in [0.2, 0.25) is 0 Å². The second kappa shape index (κ2) is 6.77. The van der Waals surface area contributed by atoms with Gasteiger partial charge < -0.3 is 19.7 Å². The van der Waals surface area contributed by atoms with Crippen molar-refractivity contribution in [1.29, 1.82) is 0 Å². The largest absolute Gasteiger partial charge is 0.480 e. The molecule has 2 N–H and O–H groups in total. The summed E-state index contributed by atoms with van der Waals surface area (Å²) in [6.45, 7) is 3.47. The molecule has 0 bridgehead atoms. The summed E-state index contributed by atoms with van der Waals surface area (Å²) in [6.07, 6.45) is 0.474. The molecule has 1 heterocycles. The molecule has 0 radical (unpaired) electrons. The first-order valence-corrected chi connectivity index (χ1v) is 5.95. The number of nitrogens with zero attached hydrogens (tertiary/aromatic N) is 1. The summed E-state index contributed by atoms with van der Waals surface area (Å²) in [5.74, 6) is -0.683. The fourth-order valence-corrected chi connectivity index (χ4v) is 1.50. The quantitative estimate of drug-likeness (QED) is 0.761. The van der Waals surface area contributed by atoms with Crippen LogP contribution in [0, 0.1) is 5.92 Å². The number of methoxy groups -OCH3 is 1. The van der Waals surface area contributed by atoms with E-state index < -0.39 is 12.0 Å². The van der Waals surface area contributed by atoms with Gasteiger partial charge in [0.1, 0.15) is 11.8 Å². The van der Waals surface area contributed by atoms with Crippen LogP contribution in [0.3, 0.4) is 0 Å². The number of amides is 1. The van der Waals surface area contributed by atoms with Crippen molar-refractivity contribution >= 4 is 11.9 Å². The van der Waals surface area contributed by atoms with Crippen LogP contribution < -0.4 is 10.1 Å². The SMILES string of the molecule is COc1cc(CCC(=O)NC(C(=O)O)C(C)C)on1. The standard InChI is InChI=1S/C12H18N2O5/c1-7(2)11(12(16)17)13-9(15)5-4-8-6-10(18-3)14-19-8/h6-7,11H,4-5H2,1-3H3,(H,13,15)(H,16,17). The third-order valence-corrected chi connectivity index (χ3v) is 2.59. The minimum atomic E-state index is -1.04. The fourth-order valence-electron chi connectivity index (χ4n) is 1.50. The number of ether oxygens (including phenoxy) is 1. The molecule has 0 aliphatic heterocycles. The molecule has 1 aromatic heterocycles. The fraction of sp³-hybridized carbons (Fsp3) is 0.583. The van der Waals surface area contributed by atoms with Gasteiger partial charge in [0.15, 0.2) is 0 Å². The maximum Gasteiger partial charge on any atom is 0.326 e. The van der Waals surface area contributed by atoms with Crippen molar-refractivity contribution in [2.24, 2.45) is 5.92 Å². The highest BCUT2D eigenvalue weighted by atomic mass is 16.5. The van der Waals surface area contributed by atoms with E-state index in [0.29, 0.717) is 18.1 Å². The van der Waals surface area contributed by atoms with E-state index >= 15 is 0 Å². The molecule has 0 fully saturated rings. The number of hydrogen-bond acceptors (Lipinski definition) is 5. The van der Waals surface area contributed by atoms with Crippen LogP contribution in [0.15, 0.2) is 10.6 Å². The lowest BCUT2D eigenvalue weighted by atomic mass is 10.0. The molecule has 0 aromatic carbocycles. The Morgan fingerprint density at radius 2 is 2.21 bits per heavy atom. The smallest absolute Gasteiger partial charge is 0.326 e. The van der Waals surface area contributed by atoms with Gasteiger partial charge in [-0.05, 0) is 11.1 Å². The number of aliphatic carboxylic acids is 1. The molecule has 0 aliphatic carbocycles. The molecule has 7 nitrogen and oxygen atoms in total. The molecule has 1 amide bonds. The number of carboxylic acid groups (broad SMARTS) is 1. The molecule has 7 heteroatoms. The van der Waals surface area contributed by atoms with E-state index in [1.807, 2.05) is 0 Å². The van der Waals surface area contributed by atoms with Crippen LogP contribution >= 0.6 is 0 Å². The highest BCUT2D eigenvalue weighted by Crippen LogP contribution is 2.12. The van der Waals surface area contributed by atoms with E-state index in [2.05, 4.69) is 10.5 Å². The zero-order chi connectivity index (χ0) is 14.4. The molecule has 106 valence electrons. The number of carboxylic acids is 1. The van der Waals surface area contributed by atoms with Crippen molar-refractivity contribution in [1.82, 2.24) is 10.5 Å². The number of aromatic nitrogens is 1. The van der Waals surface area contributed by atoms with Gasteiger partial charge in [0.05, 0.1) is 7.11 Å². The van der Waals surface area contributed by atoms with Gasteiger partial charge >= 0.3 is 5.97 Å². The van der Waals surface area contributed by atoms with Gasteiger partial charge in [-0.2, -0.15) is 0 Å². The Hall–Kier alpha value is -2.05. The molecule has 1 atom stereocenters. The van der Waals surface area contributed by atoms with Crippen molar-refractivity contribution in [2.45, 2.75) is 32.7 Å². The molecule has 19 heavy (non-hydrogen) atoms. The number of carbonyl (C=O) groups excluding carboxylic acids is 1. The lowest BCUT2D eigenvalue weighted by Crippen LogP contribution is -2.44. The van der Waals surface area contributed by atoms with Crippen molar-refractivity contribution in [3.8, 4) is 5.88 Å². The zero-order valence-electron chi connectivity index (χ0n) is 11.2. The van der Waals surface area contributed by atoms with Crippen LogP contribution in [0.25, 0.3) is 0 Å². The number of nitrogens with one attached hydrogen (secondary N) is 1. The first-order valence-electron chi connectivity index (χ1n) is 5.95. The molecular weight excluding hydrogens is 252 g/mol. The number of aryl methyl sites for hydroxylation is 1. The van der Waals surface area contributed by atoms with Crippen LogP contribution in [-0.2, 0) is 16.0 Å². The Morgan fingerprint density at radius 3 is 2.68 bits per heavy atom. The maximum absolute atomic E-state index is 11.6. The van der Waals surface area contributed by atoms with Crippen LogP contribution in [-0.4, -0.2) is 35.3 Å². The molecule has 1 rings (SSSR count). The average molecular weight is 270 g/mol. The highest BCUT2D eigenvalue weighted by molar-refractivity contribution is 5.83. The summed E-state index contributed by atoms with van der Waals surface area (Å²) in [4.78, 5) is 22.6. The van der Waals surface area contributed by atoms with E-state index in [1.165, 1.54) is 7.11 Å². The van der Waals surface area contributed by atoms with Crippen molar-refractivity contribution in [3.63, 3.8) is 0 Å². The molecular formula is C12H18N2O5. The first-order chi connectivity index (χ1) is 8.93. The highest BCUT2D eigenvalue weighted by Gasteiger charge is 2.23. The third kappa shape index (κ3) is 4.61. The summed E-state index contributed by atoms with van der Waals surface area (Å²) in [5.41, 5.74) is 0. The van der Waals surface area contributed by atoms with Crippen molar-refractivity contribution in [3.05, 3.63) is 11.8 Å². The monoisotopic (exact) mass is 270 g/mol. The van der Waals surface area contributed by atoms with Crippen molar-refractivity contribution in [2.75, 3.05) is 7.11 Å². The van der Waals surface area contributed by atoms with Gasteiger partial charge in [0.2, 0.25) is 5.91 Å². The second-order valence-electron chi connectivity index (χ2n) is 4.46. The van der Waals surface area contributed by atoms with Gasteiger partial charge in [0.25, 0.3) is 5.88 Å². The van der Waals surface area contributed by atoms with Gasteiger partial charge in [-0.15, -0.1) is 0 Å². The van der Waals surface area contributed by atoms with Crippen LogP contribution in [0.4, 0.5) is 0 Å². The van der Waals surface area contributed by atoms with Gasteiger partial charge in [-0.25, -0.2) is 4.79 Å². The average Bonchev–Trinajstić information content (AvgIpc) is 2.80. The molecule has 1 unspecified atom stereocenters. The van der Waals surface area contributed by atoms with E-state index in [1.54, 1.807) is 19.9 Å². The van der Waals surface area contributed by atoms with Crippen LogP contribution in [0.5, 0.6) is 5.88 Å². The number of rotatable bonds is 7. The van der Waals surface area contributed by atoms with Crippen molar-refractivity contribution < 1.29 is 24.0 Å². The Kier molecular flexibility index (Phi) is 5.35.